The predicted molar refractivity (Wildman–Crippen MR) is 173 cm³/mol. The van der Waals surface area contributed by atoms with Crippen molar-refractivity contribution in [2.24, 2.45) is 0 Å². The molecular formula is C32H36ClN5O5S. The summed E-state index contributed by atoms with van der Waals surface area (Å²) in [5, 5.41) is 8.71. The number of rotatable bonds is 7. The van der Waals surface area contributed by atoms with E-state index in [0.717, 1.165) is 26.0 Å². The van der Waals surface area contributed by atoms with Gasteiger partial charge in [0, 0.05) is 27.5 Å². The number of alkyl carbamates (subject to hydrolysis) is 1. The average molecular weight is 638 g/mol. The summed E-state index contributed by atoms with van der Waals surface area (Å²) in [6, 6.07) is 11.2. The molecule has 4 aromatic heterocycles. The first-order valence-electron chi connectivity index (χ1n) is 14.2. The number of hydrogen-bond donors (Lipinski definition) is 2. The maximum Gasteiger partial charge on any atom is 0.435 e. The van der Waals surface area contributed by atoms with Crippen molar-refractivity contribution in [1.82, 2.24) is 25.1 Å². The number of thiophene rings is 1. The van der Waals surface area contributed by atoms with Gasteiger partial charge >= 0.3 is 12.2 Å². The van der Waals surface area contributed by atoms with Crippen LogP contribution in [0.15, 0.2) is 48.8 Å². The van der Waals surface area contributed by atoms with Gasteiger partial charge in [0.2, 0.25) is 0 Å². The van der Waals surface area contributed by atoms with Crippen molar-refractivity contribution in [3.8, 4) is 16.2 Å². The van der Waals surface area contributed by atoms with E-state index in [0.29, 0.717) is 28.9 Å². The largest absolute Gasteiger partial charge is 0.490 e. The number of para-hydroxylation sites is 1. The highest BCUT2D eigenvalue weighted by atomic mass is 35.5. The number of H-pyrrole nitrogens is 1. The fraction of sp³-hybridized carbons (Fsp3) is 0.375. The van der Waals surface area contributed by atoms with Crippen LogP contribution < -0.4 is 10.1 Å². The van der Waals surface area contributed by atoms with Crippen LogP contribution in [-0.4, -0.2) is 55.8 Å². The summed E-state index contributed by atoms with van der Waals surface area (Å²) in [6.45, 7) is 12.9. The van der Waals surface area contributed by atoms with Gasteiger partial charge in [-0.2, -0.15) is 9.78 Å². The van der Waals surface area contributed by atoms with Crippen molar-refractivity contribution >= 4 is 56.2 Å². The smallest absolute Gasteiger partial charge is 0.435 e. The third-order valence-electron chi connectivity index (χ3n) is 6.48. The molecule has 44 heavy (non-hydrogen) atoms. The molecule has 0 bridgehead atoms. The topological polar surface area (TPSA) is 120 Å². The van der Waals surface area contributed by atoms with Crippen LogP contribution in [0.3, 0.4) is 0 Å². The minimum Gasteiger partial charge on any atom is -0.490 e. The summed E-state index contributed by atoms with van der Waals surface area (Å²) in [6.07, 6.45) is 2.91. The third kappa shape index (κ3) is 7.34. The second-order valence-electron chi connectivity index (χ2n) is 12.5. The maximum atomic E-state index is 12.8. The molecule has 1 aromatic carbocycles. The zero-order chi connectivity index (χ0) is 31.8. The van der Waals surface area contributed by atoms with Crippen LogP contribution in [0.25, 0.3) is 31.6 Å². The Bertz CT molecular complexity index is 1830. The van der Waals surface area contributed by atoms with Gasteiger partial charge in [-0.1, -0.05) is 29.8 Å². The number of fused-ring (bicyclic) bond motifs is 2. The van der Waals surface area contributed by atoms with Crippen LogP contribution in [0.1, 0.15) is 52.8 Å². The Morgan fingerprint density at radius 1 is 1.09 bits per heavy atom. The Hall–Kier alpha value is -4.09. The predicted octanol–water partition coefficient (Wildman–Crippen LogP) is 7.90. The fourth-order valence-corrected chi connectivity index (χ4v) is 6.05. The lowest BCUT2D eigenvalue weighted by Gasteiger charge is -2.24. The first-order chi connectivity index (χ1) is 20.7. The quantitative estimate of drug-likeness (QED) is 0.174. The van der Waals surface area contributed by atoms with Crippen LogP contribution in [0.5, 0.6) is 5.75 Å². The molecule has 0 radical (unpaired) electrons. The second kappa shape index (κ2) is 12.1. The highest BCUT2D eigenvalue weighted by molar-refractivity contribution is 7.22. The number of nitrogens with zero attached hydrogens (tertiary/aromatic N) is 3. The zero-order valence-corrected chi connectivity index (χ0v) is 27.4. The number of aryl methyl sites for hydroxylation is 1. The van der Waals surface area contributed by atoms with Gasteiger partial charge in [0.25, 0.3) is 0 Å². The van der Waals surface area contributed by atoms with E-state index in [1.54, 1.807) is 12.3 Å². The molecular weight excluding hydrogens is 602 g/mol. The molecule has 5 rings (SSSR count). The van der Waals surface area contributed by atoms with Crippen LogP contribution in [-0.2, 0) is 15.9 Å². The summed E-state index contributed by atoms with van der Waals surface area (Å²) in [4.78, 5) is 34.0. The lowest BCUT2D eigenvalue weighted by Crippen LogP contribution is -2.43. The first-order valence-corrected chi connectivity index (χ1v) is 15.4. The monoisotopic (exact) mass is 637 g/mol. The van der Waals surface area contributed by atoms with E-state index in [1.165, 1.54) is 16.0 Å². The van der Waals surface area contributed by atoms with Crippen molar-refractivity contribution < 1.29 is 23.8 Å². The normalized spacial score (nSPS) is 12.8. The van der Waals surface area contributed by atoms with Gasteiger partial charge < -0.3 is 24.5 Å². The number of nitrogens with one attached hydrogen (secondary N) is 2. The van der Waals surface area contributed by atoms with Crippen molar-refractivity contribution in [3.05, 3.63) is 65.2 Å². The number of halogens is 1. The van der Waals surface area contributed by atoms with Crippen LogP contribution in [0.4, 0.5) is 9.59 Å². The van der Waals surface area contributed by atoms with Gasteiger partial charge in [0.15, 0.2) is 0 Å². The van der Waals surface area contributed by atoms with Crippen LogP contribution >= 0.6 is 22.9 Å². The summed E-state index contributed by atoms with van der Waals surface area (Å²) >= 11 is 8.00. The molecule has 1 amide bonds. The molecule has 0 aliphatic heterocycles. The molecule has 10 nitrogen and oxygen atoms in total. The zero-order valence-electron chi connectivity index (χ0n) is 25.8. The van der Waals surface area contributed by atoms with E-state index in [9.17, 15) is 9.59 Å². The lowest BCUT2D eigenvalue weighted by molar-refractivity contribution is 0.0484. The minimum absolute atomic E-state index is 0.153. The Morgan fingerprint density at radius 3 is 2.55 bits per heavy atom. The van der Waals surface area contributed by atoms with E-state index in [1.807, 2.05) is 85.0 Å². The summed E-state index contributed by atoms with van der Waals surface area (Å²) < 4.78 is 19.4. The van der Waals surface area contributed by atoms with Crippen molar-refractivity contribution in [2.45, 2.75) is 72.1 Å². The standard InChI is InChI=1S/C32H36ClN5O5S/c1-18-27-25(38(37-18)30(40)43-32(5,6)7)14-26(44-27)23-13-21(16-35-28(23)33)41-17-20(36-29(39)42-31(2,3)4)12-19-15-34-24-11-9-8-10-22(19)24/h8-11,13-16,20,34H,12,17H2,1-7H3,(H,36,39)/t20-/m0/s1. The molecule has 4 heterocycles. The molecule has 0 aliphatic rings. The third-order valence-corrected chi connectivity index (χ3v) is 8.05. The van der Waals surface area contributed by atoms with Gasteiger partial charge in [-0.15, -0.1) is 11.3 Å². The minimum atomic E-state index is -0.661. The molecule has 0 spiro atoms. The lowest BCUT2D eigenvalue weighted by atomic mass is 10.1. The molecule has 0 unspecified atom stereocenters. The van der Waals surface area contributed by atoms with E-state index in [4.69, 9.17) is 25.8 Å². The van der Waals surface area contributed by atoms with E-state index < -0.39 is 29.4 Å². The average Bonchev–Trinajstić information content (AvgIpc) is 3.61. The summed E-state index contributed by atoms with van der Waals surface area (Å²) in [5.41, 5.74) is 2.72. The number of amides is 1. The van der Waals surface area contributed by atoms with Gasteiger partial charge in [0.1, 0.15) is 28.7 Å². The molecule has 232 valence electrons. The molecule has 0 saturated heterocycles. The number of pyridine rings is 1. The van der Waals surface area contributed by atoms with Gasteiger partial charge in [-0.3, -0.25) is 0 Å². The van der Waals surface area contributed by atoms with E-state index in [2.05, 4.69) is 20.4 Å². The maximum absolute atomic E-state index is 12.8. The number of ether oxygens (including phenoxy) is 3. The summed E-state index contributed by atoms with van der Waals surface area (Å²) in [5.74, 6) is 0.474. The van der Waals surface area contributed by atoms with Crippen molar-refractivity contribution in [1.29, 1.82) is 0 Å². The molecule has 0 saturated carbocycles. The SMILES string of the molecule is Cc1nn(C(=O)OC(C)(C)C)c2cc(-c3cc(OC[C@H](Cc4c[nH]c5ccccc45)NC(=O)OC(C)(C)C)cnc3Cl)sc12. The number of aromatic amines is 1. The number of benzene rings is 1. The highest BCUT2D eigenvalue weighted by Crippen LogP contribution is 2.39. The number of hydrogen-bond acceptors (Lipinski definition) is 8. The molecule has 0 fully saturated rings. The van der Waals surface area contributed by atoms with Gasteiger partial charge in [-0.25, -0.2) is 14.6 Å². The van der Waals surface area contributed by atoms with Gasteiger partial charge in [0.05, 0.1) is 28.1 Å². The van der Waals surface area contributed by atoms with Gasteiger partial charge in [-0.05, 0) is 78.6 Å². The Balaban J connectivity index is 1.38. The van der Waals surface area contributed by atoms with Crippen LogP contribution in [0, 0.1) is 6.92 Å². The van der Waals surface area contributed by atoms with Crippen molar-refractivity contribution in [3.63, 3.8) is 0 Å². The summed E-state index contributed by atoms with van der Waals surface area (Å²) in [7, 11) is 0. The molecule has 0 aliphatic carbocycles. The Kier molecular flexibility index (Phi) is 8.64. The Morgan fingerprint density at radius 2 is 1.82 bits per heavy atom. The molecule has 1 atom stereocenters. The number of carbonyl (C=O) groups is 2. The molecule has 5 aromatic rings. The molecule has 2 N–H and O–H groups in total. The number of aromatic nitrogens is 4. The first kappa shape index (κ1) is 31.3. The molecule has 12 heteroatoms. The van der Waals surface area contributed by atoms with Crippen molar-refractivity contribution in [2.75, 3.05) is 6.61 Å². The van der Waals surface area contributed by atoms with E-state index in [-0.39, 0.29) is 11.8 Å². The van der Waals surface area contributed by atoms with E-state index >= 15 is 0 Å². The second-order valence-corrected chi connectivity index (χ2v) is 13.9. The fourth-order valence-electron chi connectivity index (χ4n) is 4.69. The number of carbonyl (C=O) groups excluding carboxylic acids is 2. The highest BCUT2D eigenvalue weighted by Gasteiger charge is 2.25. The Labute approximate surface area is 264 Å². The van der Waals surface area contributed by atoms with Crippen LogP contribution in [0.2, 0.25) is 5.15 Å².